The summed E-state index contributed by atoms with van der Waals surface area (Å²) in [6.07, 6.45) is 0. The van der Waals surface area contributed by atoms with Gasteiger partial charge in [-0.15, -0.1) is 0 Å². The molecule has 0 amide bonds. The Hall–Kier alpha value is -0.0235. The van der Waals surface area contributed by atoms with Gasteiger partial charge in [0.2, 0.25) is 0 Å². The molecule has 4 heavy (non-hydrogen) atoms. The summed E-state index contributed by atoms with van der Waals surface area (Å²) in [6, 6.07) is 0. The van der Waals surface area contributed by atoms with Crippen molar-refractivity contribution in [3.8, 4) is 0 Å². The summed E-state index contributed by atoms with van der Waals surface area (Å²) in [5, 5.41) is 6.89. The number of carbonyl (C=O) groups is 1. The molecular formula is CH2CoO2. The topological polar surface area (TPSA) is 37.3 Å². The number of hydrogen-bond acceptors (Lipinski definition) is 1. The zero-order valence-electron chi connectivity index (χ0n) is 1.77. The molecule has 0 aromatic rings. The molecule has 1 N–H and O–H groups in total. The fourth-order valence-electron chi connectivity index (χ4n) is 0. The first-order valence-corrected chi connectivity index (χ1v) is 0.494. The van der Waals surface area contributed by atoms with Crippen LogP contribution in [0.25, 0.3) is 0 Å². The second-order valence-corrected chi connectivity index (χ2v) is 0.105. The van der Waals surface area contributed by atoms with E-state index in [9.17, 15) is 0 Å². The van der Waals surface area contributed by atoms with Gasteiger partial charge in [-0.1, -0.05) is 0 Å². The first-order valence-electron chi connectivity index (χ1n) is 0.494. The van der Waals surface area contributed by atoms with Gasteiger partial charge in [0, 0.05) is 16.8 Å². The Morgan fingerprint density at radius 2 is 1.75 bits per heavy atom. The van der Waals surface area contributed by atoms with Crippen molar-refractivity contribution in [2.45, 2.75) is 0 Å². The van der Waals surface area contributed by atoms with Crippen LogP contribution in [0.5, 0.6) is 0 Å². The van der Waals surface area contributed by atoms with Crippen molar-refractivity contribution in [1.82, 2.24) is 0 Å². The predicted octanol–water partition coefficient (Wildman–Crippen LogP) is -0.302. The molecule has 0 aliphatic heterocycles. The first-order chi connectivity index (χ1) is 1.41. The Bertz CT molecular complexity index is 13.5. The van der Waals surface area contributed by atoms with Crippen molar-refractivity contribution in [2.75, 3.05) is 0 Å². The van der Waals surface area contributed by atoms with Crippen LogP contribution in [0.15, 0.2) is 0 Å². The van der Waals surface area contributed by atoms with E-state index in [4.69, 9.17) is 9.90 Å². The van der Waals surface area contributed by atoms with Gasteiger partial charge in [0.05, 0.1) is 0 Å². The second-order valence-electron chi connectivity index (χ2n) is 0.105. The molecule has 0 atom stereocenters. The summed E-state index contributed by atoms with van der Waals surface area (Å²) in [5.74, 6) is 0. The number of carboxylic acid groups (broad SMARTS) is 1. The summed E-state index contributed by atoms with van der Waals surface area (Å²) in [5.41, 5.74) is 0. The molecule has 0 spiro atoms. The van der Waals surface area contributed by atoms with E-state index in [1.807, 2.05) is 0 Å². The first kappa shape index (κ1) is 9.02. The Morgan fingerprint density at radius 1 is 1.75 bits per heavy atom. The van der Waals surface area contributed by atoms with Crippen LogP contribution >= 0.6 is 0 Å². The second kappa shape index (κ2) is 12.2. The minimum Gasteiger partial charge on any atom is -0.483 e. The van der Waals surface area contributed by atoms with Crippen molar-refractivity contribution in [1.29, 1.82) is 0 Å². The normalized spacial score (nSPS) is 3.00. The molecule has 0 saturated carbocycles. The minimum atomic E-state index is -0.250. The summed E-state index contributed by atoms with van der Waals surface area (Å²) >= 11 is 0. The Morgan fingerprint density at radius 3 is 1.75 bits per heavy atom. The SMILES string of the molecule is O=CO.[Co]. The summed E-state index contributed by atoms with van der Waals surface area (Å²) in [4.78, 5) is 8.36. The molecule has 3 heteroatoms. The molecule has 0 fully saturated rings. The smallest absolute Gasteiger partial charge is 0.290 e. The third-order valence-corrected chi connectivity index (χ3v) is 0. The summed E-state index contributed by atoms with van der Waals surface area (Å²) < 4.78 is 0. The van der Waals surface area contributed by atoms with E-state index in [0.717, 1.165) is 0 Å². The third kappa shape index (κ3) is 3410. The zero-order chi connectivity index (χ0) is 2.71. The molecule has 0 aromatic heterocycles. The van der Waals surface area contributed by atoms with Gasteiger partial charge in [-0.25, -0.2) is 0 Å². The molecule has 0 rings (SSSR count). The van der Waals surface area contributed by atoms with Gasteiger partial charge in [0.15, 0.2) is 0 Å². The molecule has 0 aliphatic rings. The van der Waals surface area contributed by atoms with Crippen LogP contribution in [-0.2, 0) is 21.6 Å². The van der Waals surface area contributed by atoms with E-state index in [1.54, 1.807) is 0 Å². The largest absolute Gasteiger partial charge is 0.483 e. The van der Waals surface area contributed by atoms with Crippen LogP contribution in [0, 0.1) is 0 Å². The van der Waals surface area contributed by atoms with E-state index in [1.165, 1.54) is 0 Å². The monoisotopic (exact) mass is 105 g/mol. The molecule has 0 aliphatic carbocycles. The zero-order valence-corrected chi connectivity index (χ0v) is 2.81. The van der Waals surface area contributed by atoms with Gasteiger partial charge in [0.25, 0.3) is 6.47 Å². The van der Waals surface area contributed by atoms with Crippen LogP contribution in [0.4, 0.5) is 0 Å². The van der Waals surface area contributed by atoms with Crippen molar-refractivity contribution in [2.24, 2.45) is 0 Å². The maximum absolute atomic E-state index is 8.36. The van der Waals surface area contributed by atoms with Crippen LogP contribution < -0.4 is 0 Å². The molecule has 0 saturated heterocycles. The molecule has 0 bridgehead atoms. The summed E-state index contributed by atoms with van der Waals surface area (Å²) in [6.45, 7) is -0.250. The van der Waals surface area contributed by atoms with Gasteiger partial charge in [-0.2, -0.15) is 0 Å². The van der Waals surface area contributed by atoms with E-state index in [2.05, 4.69) is 0 Å². The van der Waals surface area contributed by atoms with Crippen LogP contribution in [0.1, 0.15) is 0 Å². The molecule has 0 unspecified atom stereocenters. The van der Waals surface area contributed by atoms with Crippen molar-refractivity contribution < 1.29 is 26.7 Å². The fraction of sp³-hybridized carbons (Fsp3) is 0. The molecular weight excluding hydrogens is 103 g/mol. The van der Waals surface area contributed by atoms with Crippen LogP contribution in [0.3, 0.4) is 0 Å². The van der Waals surface area contributed by atoms with Gasteiger partial charge in [-0.05, 0) is 0 Å². The predicted molar refractivity (Wildman–Crippen MR) is 8.69 cm³/mol. The molecule has 0 aromatic carbocycles. The average Bonchev–Trinajstić information content (AvgIpc) is 0.918. The van der Waals surface area contributed by atoms with E-state index >= 15 is 0 Å². The minimum absolute atomic E-state index is 0. The third-order valence-electron chi connectivity index (χ3n) is 0. The van der Waals surface area contributed by atoms with E-state index in [-0.39, 0.29) is 23.3 Å². The fourth-order valence-corrected chi connectivity index (χ4v) is 0. The average molecular weight is 105 g/mol. The van der Waals surface area contributed by atoms with Crippen LogP contribution in [0.2, 0.25) is 0 Å². The van der Waals surface area contributed by atoms with Gasteiger partial charge in [0.1, 0.15) is 0 Å². The van der Waals surface area contributed by atoms with Gasteiger partial charge >= 0.3 is 0 Å². The van der Waals surface area contributed by atoms with Crippen molar-refractivity contribution >= 4 is 6.47 Å². The maximum atomic E-state index is 8.36. The van der Waals surface area contributed by atoms with Crippen LogP contribution in [-0.4, -0.2) is 11.6 Å². The summed E-state index contributed by atoms with van der Waals surface area (Å²) in [7, 11) is 0. The van der Waals surface area contributed by atoms with Gasteiger partial charge in [-0.3, -0.25) is 4.79 Å². The Balaban J connectivity index is 0. The quantitative estimate of drug-likeness (QED) is 0.429. The maximum Gasteiger partial charge on any atom is 0.290 e. The molecule has 2 nitrogen and oxygen atoms in total. The molecule has 1 radical (unpaired) electrons. The van der Waals surface area contributed by atoms with Crippen molar-refractivity contribution in [3.63, 3.8) is 0 Å². The van der Waals surface area contributed by atoms with Gasteiger partial charge < -0.3 is 5.11 Å². The Labute approximate surface area is 34.0 Å². The standard InChI is InChI=1S/CH2O2.Co/c2-1-3;/h1H,(H,2,3);. The molecule has 0 heterocycles. The van der Waals surface area contributed by atoms with Crippen molar-refractivity contribution in [3.05, 3.63) is 0 Å². The number of hydrogen-bond donors (Lipinski definition) is 1. The Kier molecular flexibility index (Phi) is 27.5. The number of rotatable bonds is 0. The van der Waals surface area contributed by atoms with E-state index in [0.29, 0.717) is 0 Å². The molecule has 27 valence electrons. The van der Waals surface area contributed by atoms with E-state index < -0.39 is 0 Å².